The van der Waals surface area contributed by atoms with Crippen molar-refractivity contribution in [3.8, 4) is 5.75 Å². The molecule has 1 aromatic rings. The summed E-state index contributed by atoms with van der Waals surface area (Å²) in [5.41, 5.74) is 0.689. The third-order valence-electron chi connectivity index (χ3n) is 1.88. The van der Waals surface area contributed by atoms with Gasteiger partial charge in [0.2, 0.25) is 0 Å². The molecule has 0 saturated carbocycles. The van der Waals surface area contributed by atoms with Crippen LogP contribution < -0.4 is 10.1 Å². The van der Waals surface area contributed by atoms with Crippen LogP contribution in [0.15, 0.2) is 24.3 Å². The van der Waals surface area contributed by atoms with Crippen LogP contribution in [0.5, 0.6) is 5.75 Å². The van der Waals surface area contributed by atoms with Gasteiger partial charge in [-0.2, -0.15) is 0 Å². The van der Waals surface area contributed by atoms with Crippen molar-refractivity contribution in [1.29, 1.82) is 0 Å². The van der Waals surface area contributed by atoms with Gasteiger partial charge in [0.15, 0.2) is 0 Å². The van der Waals surface area contributed by atoms with Gasteiger partial charge in [0.1, 0.15) is 5.75 Å². The first-order chi connectivity index (χ1) is 7.61. The van der Waals surface area contributed by atoms with Crippen molar-refractivity contribution in [2.45, 2.75) is 13.8 Å². The second-order valence-electron chi connectivity index (χ2n) is 3.85. The van der Waals surface area contributed by atoms with Crippen molar-refractivity contribution < 1.29 is 14.3 Å². The average molecular weight is 223 g/mol. The first kappa shape index (κ1) is 12.4. The zero-order valence-corrected chi connectivity index (χ0v) is 9.82. The maximum atomic E-state index is 11.3. The Morgan fingerprint density at radius 2 is 1.94 bits per heavy atom. The van der Waals surface area contributed by atoms with E-state index in [1.165, 1.54) is 0 Å². The highest BCUT2D eigenvalue weighted by molar-refractivity contribution is 5.84. The number of ether oxygens (including phenoxy) is 2. The van der Waals surface area contributed by atoms with Crippen LogP contribution in [0, 0.1) is 5.92 Å². The van der Waals surface area contributed by atoms with Gasteiger partial charge in [-0.3, -0.25) is 5.32 Å². The first-order valence-corrected chi connectivity index (χ1v) is 5.19. The molecule has 0 atom stereocenters. The van der Waals surface area contributed by atoms with E-state index in [4.69, 9.17) is 9.47 Å². The summed E-state index contributed by atoms with van der Waals surface area (Å²) in [6.45, 7) is 4.39. The van der Waals surface area contributed by atoms with Crippen LogP contribution in [0.4, 0.5) is 10.5 Å². The largest absolute Gasteiger partial charge is 0.497 e. The highest BCUT2D eigenvalue weighted by atomic mass is 16.5. The molecule has 0 aromatic heterocycles. The molecular weight excluding hydrogens is 206 g/mol. The lowest BCUT2D eigenvalue weighted by atomic mass is 10.2. The summed E-state index contributed by atoms with van der Waals surface area (Å²) in [4.78, 5) is 11.3. The Kier molecular flexibility index (Phi) is 4.64. The summed E-state index contributed by atoms with van der Waals surface area (Å²) in [7, 11) is 1.60. The van der Waals surface area contributed by atoms with Crippen LogP contribution in [-0.2, 0) is 4.74 Å². The number of amides is 1. The highest BCUT2D eigenvalue weighted by Crippen LogP contribution is 2.15. The first-order valence-electron chi connectivity index (χ1n) is 5.19. The highest BCUT2D eigenvalue weighted by Gasteiger charge is 2.04. The third kappa shape index (κ3) is 4.21. The van der Waals surface area contributed by atoms with Gasteiger partial charge in [0, 0.05) is 5.69 Å². The minimum Gasteiger partial charge on any atom is -0.497 e. The van der Waals surface area contributed by atoms with Gasteiger partial charge >= 0.3 is 6.09 Å². The summed E-state index contributed by atoms with van der Waals surface area (Å²) in [5, 5.41) is 2.63. The summed E-state index contributed by atoms with van der Waals surface area (Å²) in [6, 6.07) is 7.07. The number of methoxy groups -OCH3 is 1. The number of nitrogens with one attached hydrogen (secondary N) is 1. The Bertz CT molecular complexity index is 333. The van der Waals surface area contributed by atoms with Crippen molar-refractivity contribution >= 4 is 11.8 Å². The molecular formula is C12H17NO3. The zero-order valence-electron chi connectivity index (χ0n) is 9.82. The van der Waals surface area contributed by atoms with Gasteiger partial charge in [-0.1, -0.05) is 13.8 Å². The molecule has 0 aliphatic rings. The summed E-state index contributed by atoms with van der Waals surface area (Å²) in [6.07, 6.45) is -0.432. The Morgan fingerprint density at radius 3 is 2.44 bits per heavy atom. The van der Waals surface area contributed by atoms with E-state index in [0.29, 0.717) is 18.2 Å². The number of hydrogen-bond donors (Lipinski definition) is 1. The molecule has 4 nitrogen and oxygen atoms in total. The van der Waals surface area contributed by atoms with Crippen LogP contribution in [0.3, 0.4) is 0 Å². The van der Waals surface area contributed by atoms with Gasteiger partial charge in [-0.15, -0.1) is 0 Å². The lowest BCUT2D eigenvalue weighted by Crippen LogP contribution is -2.16. The van der Waals surface area contributed by atoms with Crippen LogP contribution in [-0.4, -0.2) is 19.8 Å². The van der Waals surface area contributed by atoms with E-state index in [9.17, 15) is 4.79 Å². The molecule has 0 aliphatic carbocycles. The van der Waals surface area contributed by atoms with Crippen molar-refractivity contribution in [3.63, 3.8) is 0 Å². The second kappa shape index (κ2) is 6.00. The fourth-order valence-electron chi connectivity index (χ4n) is 1.07. The maximum Gasteiger partial charge on any atom is 0.411 e. The molecule has 0 heterocycles. The number of benzene rings is 1. The number of hydrogen-bond acceptors (Lipinski definition) is 3. The molecule has 88 valence electrons. The quantitative estimate of drug-likeness (QED) is 0.853. The van der Waals surface area contributed by atoms with Gasteiger partial charge < -0.3 is 9.47 Å². The Hall–Kier alpha value is -1.71. The molecule has 4 heteroatoms. The van der Waals surface area contributed by atoms with E-state index in [2.05, 4.69) is 5.32 Å². The number of carbonyl (C=O) groups is 1. The van der Waals surface area contributed by atoms with Crippen LogP contribution in [0.2, 0.25) is 0 Å². The molecule has 0 radical (unpaired) electrons. The maximum absolute atomic E-state index is 11.3. The van der Waals surface area contributed by atoms with Crippen LogP contribution >= 0.6 is 0 Å². The summed E-state index contributed by atoms with van der Waals surface area (Å²) < 4.78 is 9.99. The molecule has 1 amide bonds. The van der Waals surface area contributed by atoms with Gasteiger partial charge in [0.05, 0.1) is 13.7 Å². The van der Waals surface area contributed by atoms with Crippen molar-refractivity contribution in [2.24, 2.45) is 5.92 Å². The molecule has 0 unspecified atom stereocenters. The molecule has 0 bridgehead atoms. The van der Waals surface area contributed by atoms with Gasteiger partial charge in [-0.25, -0.2) is 4.79 Å². The molecule has 1 aromatic carbocycles. The summed E-state index contributed by atoms with van der Waals surface area (Å²) in [5.74, 6) is 1.09. The van der Waals surface area contributed by atoms with E-state index in [1.54, 1.807) is 31.4 Å². The predicted octanol–water partition coefficient (Wildman–Crippen LogP) is 2.90. The monoisotopic (exact) mass is 223 g/mol. The normalized spacial score (nSPS) is 10.0. The molecule has 1 rings (SSSR count). The molecule has 16 heavy (non-hydrogen) atoms. The standard InChI is InChI=1S/C12H17NO3/c1-9(2)8-16-12(14)13-10-4-6-11(15-3)7-5-10/h4-7,9H,8H2,1-3H3,(H,13,14). The van der Waals surface area contributed by atoms with Crippen LogP contribution in [0.25, 0.3) is 0 Å². The smallest absolute Gasteiger partial charge is 0.411 e. The lowest BCUT2D eigenvalue weighted by molar-refractivity contribution is 0.147. The Balaban J connectivity index is 2.43. The van der Waals surface area contributed by atoms with Crippen LogP contribution in [0.1, 0.15) is 13.8 Å². The molecule has 0 spiro atoms. The van der Waals surface area contributed by atoms with E-state index in [-0.39, 0.29) is 0 Å². The number of anilines is 1. The SMILES string of the molecule is COc1ccc(NC(=O)OCC(C)C)cc1. The lowest BCUT2D eigenvalue weighted by Gasteiger charge is -2.09. The Morgan fingerprint density at radius 1 is 1.31 bits per heavy atom. The molecule has 0 fully saturated rings. The van der Waals surface area contributed by atoms with Crippen molar-refractivity contribution in [2.75, 3.05) is 19.0 Å². The van der Waals surface area contributed by atoms with Gasteiger partial charge in [-0.05, 0) is 30.2 Å². The fraction of sp³-hybridized carbons (Fsp3) is 0.417. The topological polar surface area (TPSA) is 47.6 Å². The van der Waals surface area contributed by atoms with Crippen molar-refractivity contribution in [3.05, 3.63) is 24.3 Å². The average Bonchev–Trinajstić information content (AvgIpc) is 2.27. The van der Waals surface area contributed by atoms with E-state index < -0.39 is 6.09 Å². The zero-order chi connectivity index (χ0) is 12.0. The van der Waals surface area contributed by atoms with E-state index in [1.807, 2.05) is 13.8 Å². The molecule has 1 N–H and O–H groups in total. The van der Waals surface area contributed by atoms with Crippen molar-refractivity contribution in [1.82, 2.24) is 0 Å². The van der Waals surface area contributed by atoms with Gasteiger partial charge in [0.25, 0.3) is 0 Å². The molecule has 0 aliphatic heterocycles. The number of carbonyl (C=O) groups excluding carboxylic acids is 1. The fourth-order valence-corrected chi connectivity index (χ4v) is 1.07. The Labute approximate surface area is 95.6 Å². The predicted molar refractivity (Wildman–Crippen MR) is 62.8 cm³/mol. The minimum absolute atomic E-state index is 0.335. The van der Waals surface area contributed by atoms with E-state index >= 15 is 0 Å². The third-order valence-corrected chi connectivity index (χ3v) is 1.88. The second-order valence-corrected chi connectivity index (χ2v) is 3.85. The van der Waals surface area contributed by atoms with E-state index in [0.717, 1.165) is 5.75 Å². The summed E-state index contributed by atoms with van der Waals surface area (Å²) >= 11 is 0. The number of rotatable bonds is 4. The minimum atomic E-state index is -0.432. The molecule has 0 saturated heterocycles.